The van der Waals surface area contributed by atoms with Crippen molar-refractivity contribution in [1.29, 1.82) is 0 Å². The quantitative estimate of drug-likeness (QED) is 0.323. The number of halogens is 7. The molecule has 14 heteroatoms. The summed E-state index contributed by atoms with van der Waals surface area (Å²) in [7, 11) is 0. The van der Waals surface area contributed by atoms with Crippen LogP contribution in [0.3, 0.4) is 0 Å². The van der Waals surface area contributed by atoms with E-state index < -0.39 is 24.5 Å². The van der Waals surface area contributed by atoms with E-state index in [0.717, 1.165) is 16.7 Å². The number of pyridine rings is 1. The summed E-state index contributed by atoms with van der Waals surface area (Å²) >= 11 is 18.3. The number of aliphatic hydroxyl groups excluding tert-OH is 1. The van der Waals surface area contributed by atoms with Gasteiger partial charge in [-0.3, -0.25) is 0 Å². The van der Waals surface area contributed by atoms with Gasteiger partial charge in [-0.25, -0.2) is 9.37 Å². The molecule has 0 aliphatic heterocycles. The Bertz CT molecular complexity index is 1330. The number of rotatable bonds is 6. The van der Waals surface area contributed by atoms with E-state index in [1.54, 1.807) is 0 Å². The van der Waals surface area contributed by atoms with Crippen molar-refractivity contribution in [2.45, 2.75) is 12.3 Å². The number of aliphatic hydroxyl groups is 1. The van der Waals surface area contributed by atoms with Gasteiger partial charge in [0, 0.05) is 24.0 Å². The van der Waals surface area contributed by atoms with Crippen molar-refractivity contribution in [2.24, 2.45) is 0 Å². The van der Waals surface area contributed by atoms with Crippen LogP contribution in [0.1, 0.15) is 5.56 Å². The van der Waals surface area contributed by atoms with Crippen molar-refractivity contribution >= 4 is 40.4 Å². The van der Waals surface area contributed by atoms with Gasteiger partial charge in [0.1, 0.15) is 30.8 Å². The number of fused-ring (bicyclic) bond motifs is 1. The average molecular weight is 526 g/mol. The molecule has 0 spiro atoms. The Morgan fingerprint density at radius 3 is 2.52 bits per heavy atom. The molecule has 0 aliphatic rings. The number of benzene rings is 1. The lowest BCUT2D eigenvalue weighted by Crippen LogP contribution is -2.19. The van der Waals surface area contributed by atoms with Crippen molar-refractivity contribution < 1.29 is 31.9 Å². The number of ether oxygens (including phenoxy) is 1. The summed E-state index contributed by atoms with van der Waals surface area (Å²) in [5, 5.41) is 13.1. The van der Waals surface area contributed by atoms with Gasteiger partial charge < -0.3 is 18.8 Å². The van der Waals surface area contributed by atoms with E-state index in [0.29, 0.717) is 0 Å². The first-order valence-corrected chi connectivity index (χ1v) is 10.2. The zero-order valence-electron chi connectivity index (χ0n) is 16.1. The molecular weight excluding hydrogens is 515 g/mol. The molecule has 3 aromatic heterocycles. The Morgan fingerprint density at radius 1 is 1.06 bits per heavy atom. The third kappa shape index (κ3) is 4.86. The fourth-order valence-corrected chi connectivity index (χ4v) is 3.51. The molecule has 1 atom stereocenters. The van der Waals surface area contributed by atoms with Crippen LogP contribution < -0.4 is 4.74 Å². The molecule has 33 heavy (non-hydrogen) atoms. The second-order valence-corrected chi connectivity index (χ2v) is 7.96. The Labute approximate surface area is 197 Å². The fourth-order valence-electron chi connectivity index (χ4n) is 2.79. The molecule has 4 aromatic rings. The molecule has 0 amide bonds. The number of nitrogens with zero attached hydrogens (tertiary/aromatic N) is 4. The molecule has 1 unspecified atom stereocenters. The number of hydrogen-bond acceptors (Lipinski definition) is 6. The number of imidazole rings is 1. The van der Waals surface area contributed by atoms with Crippen LogP contribution in [0.4, 0.5) is 17.6 Å². The van der Waals surface area contributed by atoms with Gasteiger partial charge >= 0.3 is 6.18 Å². The third-order valence-corrected chi connectivity index (χ3v) is 5.24. The SMILES string of the molecule is OC(CF)COc1cc(Cl)c(-c2noc(-c3cn4cc(C(F)(F)F)cc(Cl)c4n3)n2)cc1Cl. The van der Waals surface area contributed by atoms with Crippen molar-refractivity contribution in [3.8, 4) is 28.7 Å². The summed E-state index contributed by atoms with van der Waals surface area (Å²) in [6.07, 6.45) is -3.81. The standard InChI is InChI=1S/C19H11Cl3F4N4O3/c20-11-3-15(32-7-9(31)4-23)12(21)2-10(11)16-28-18(33-29-16)14-6-30-5-8(19(24,25)26)1-13(22)17(30)27-14/h1-3,5-6,9,31H,4,7H2. The molecule has 3 heterocycles. The summed E-state index contributed by atoms with van der Waals surface area (Å²) < 4.78 is 63.0. The monoisotopic (exact) mass is 524 g/mol. The molecule has 7 nitrogen and oxygen atoms in total. The van der Waals surface area contributed by atoms with Crippen molar-refractivity contribution in [3.63, 3.8) is 0 Å². The number of alkyl halides is 4. The van der Waals surface area contributed by atoms with Gasteiger partial charge in [0.15, 0.2) is 5.65 Å². The van der Waals surface area contributed by atoms with Crippen LogP contribution in [-0.2, 0) is 6.18 Å². The van der Waals surface area contributed by atoms with Crippen LogP contribution in [0.2, 0.25) is 15.1 Å². The van der Waals surface area contributed by atoms with Gasteiger partial charge in [0.2, 0.25) is 5.82 Å². The van der Waals surface area contributed by atoms with Gasteiger partial charge in [0.05, 0.1) is 20.6 Å². The van der Waals surface area contributed by atoms with E-state index >= 15 is 0 Å². The summed E-state index contributed by atoms with van der Waals surface area (Å²) in [6, 6.07) is 3.49. The van der Waals surface area contributed by atoms with E-state index in [9.17, 15) is 22.7 Å². The molecule has 0 saturated carbocycles. The molecule has 0 aliphatic carbocycles. The molecule has 1 aromatic carbocycles. The van der Waals surface area contributed by atoms with E-state index in [2.05, 4.69) is 15.1 Å². The molecule has 1 N–H and O–H groups in total. The van der Waals surface area contributed by atoms with Gasteiger partial charge in [-0.05, 0) is 12.1 Å². The van der Waals surface area contributed by atoms with Gasteiger partial charge in [-0.1, -0.05) is 40.0 Å². The van der Waals surface area contributed by atoms with Crippen LogP contribution in [0.25, 0.3) is 28.6 Å². The van der Waals surface area contributed by atoms with Crippen LogP contribution in [0.15, 0.2) is 35.1 Å². The number of hydrogen-bond donors (Lipinski definition) is 1. The normalized spacial score (nSPS) is 13.0. The van der Waals surface area contributed by atoms with Gasteiger partial charge in [0.25, 0.3) is 5.89 Å². The first kappa shape index (κ1) is 23.6. The highest BCUT2D eigenvalue weighted by Crippen LogP contribution is 2.37. The van der Waals surface area contributed by atoms with Gasteiger partial charge in [-0.15, -0.1) is 0 Å². The maximum Gasteiger partial charge on any atom is 0.417 e. The molecular formula is C19H11Cl3F4N4O3. The van der Waals surface area contributed by atoms with E-state index in [-0.39, 0.29) is 56.0 Å². The topological polar surface area (TPSA) is 85.7 Å². The minimum absolute atomic E-state index is 0.0198. The van der Waals surface area contributed by atoms with Crippen molar-refractivity contribution in [1.82, 2.24) is 19.5 Å². The first-order valence-electron chi connectivity index (χ1n) is 9.02. The van der Waals surface area contributed by atoms with Crippen molar-refractivity contribution in [3.05, 3.63) is 51.2 Å². The molecule has 174 valence electrons. The molecule has 0 bridgehead atoms. The lowest BCUT2D eigenvalue weighted by atomic mass is 10.2. The number of aromatic nitrogens is 4. The van der Waals surface area contributed by atoms with Crippen LogP contribution in [0.5, 0.6) is 5.75 Å². The predicted octanol–water partition coefficient (Wildman–Crippen LogP) is 5.74. The fraction of sp³-hybridized carbons (Fsp3) is 0.211. The lowest BCUT2D eigenvalue weighted by Gasteiger charge is -2.12. The minimum Gasteiger partial charge on any atom is -0.489 e. The lowest BCUT2D eigenvalue weighted by molar-refractivity contribution is -0.137. The zero-order valence-corrected chi connectivity index (χ0v) is 18.3. The average Bonchev–Trinajstić information content (AvgIpc) is 3.40. The summed E-state index contributed by atoms with van der Waals surface area (Å²) in [5.41, 5.74) is -0.538. The van der Waals surface area contributed by atoms with Crippen LogP contribution >= 0.6 is 34.8 Å². The summed E-state index contributed by atoms with van der Waals surface area (Å²) in [4.78, 5) is 8.32. The molecule has 0 fully saturated rings. The second-order valence-electron chi connectivity index (χ2n) is 6.74. The summed E-state index contributed by atoms with van der Waals surface area (Å²) in [5.74, 6) is 0.0281. The highest BCUT2D eigenvalue weighted by Gasteiger charge is 2.32. The minimum atomic E-state index is -4.59. The van der Waals surface area contributed by atoms with Crippen LogP contribution in [0, 0.1) is 0 Å². The maximum atomic E-state index is 13.0. The molecule has 0 saturated heterocycles. The highest BCUT2D eigenvalue weighted by molar-refractivity contribution is 6.36. The largest absolute Gasteiger partial charge is 0.489 e. The maximum absolute atomic E-state index is 13.0. The Morgan fingerprint density at radius 2 is 1.82 bits per heavy atom. The molecule has 0 radical (unpaired) electrons. The highest BCUT2D eigenvalue weighted by atomic mass is 35.5. The van der Waals surface area contributed by atoms with E-state index in [4.69, 9.17) is 44.1 Å². The third-order valence-electron chi connectivity index (χ3n) is 4.35. The van der Waals surface area contributed by atoms with Gasteiger partial charge in [-0.2, -0.15) is 18.2 Å². The smallest absolute Gasteiger partial charge is 0.417 e. The first-order chi connectivity index (χ1) is 15.6. The zero-order chi connectivity index (χ0) is 23.9. The summed E-state index contributed by atoms with van der Waals surface area (Å²) in [6.45, 7) is -1.31. The Hall–Kier alpha value is -2.60. The second kappa shape index (κ2) is 8.98. The van der Waals surface area contributed by atoms with E-state index in [1.165, 1.54) is 18.3 Å². The Kier molecular flexibility index (Phi) is 6.41. The van der Waals surface area contributed by atoms with Crippen molar-refractivity contribution in [2.75, 3.05) is 13.3 Å². The Balaban J connectivity index is 1.65. The molecule has 4 rings (SSSR count). The predicted molar refractivity (Wildman–Crippen MR) is 111 cm³/mol. The van der Waals surface area contributed by atoms with E-state index in [1.807, 2.05) is 0 Å². The van der Waals surface area contributed by atoms with Crippen LogP contribution in [-0.4, -0.2) is 44.0 Å².